The monoisotopic (exact) mass is 386 g/mol. The minimum absolute atomic E-state index is 0.0111. The number of aromatic nitrogens is 4. The molecule has 0 bridgehead atoms. The quantitative estimate of drug-likeness (QED) is 0.397. The van der Waals surface area contributed by atoms with E-state index < -0.39 is 29.1 Å². The molecule has 0 radical (unpaired) electrons. The van der Waals surface area contributed by atoms with Crippen molar-refractivity contribution in [3.8, 4) is 11.4 Å². The highest BCUT2D eigenvalue weighted by Gasteiger charge is 2.21. The van der Waals surface area contributed by atoms with Crippen molar-refractivity contribution in [2.75, 3.05) is 0 Å². The Morgan fingerprint density at radius 3 is 2.71 bits per heavy atom. The van der Waals surface area contributed by atoms with E-state index in [2.05, 4.69) is 10.1 Å². The first-order valence-corrected chi connectivity index (χ1v) is 8.27. The molecule has 6 nitrogen and oxygen atoms in total. The molecule has 1 aromatic carbocycles. The van der Waals surface area contributed by atoms with Crippen molar-refractivity contribution in [3.63, 3.8) is 0 Å². The second-order valence-electron chi connectivity index (χ2n) is 6.06. The number of ether oxygens (including phenoxy) is 1. The Hall–Kier alpha value is -3.62. The largest absolute Gasteiger partial charge is 0.618 e. The summed E-state index contributed by atoms with van der Waals surface area (Å²) in [5.41, 5.74) is 0.282. The van der Waals surface area contributed by atoms with E-state index in [4.69, 9.17) is 4.74 Å². The van der Waals surface area contributed by atoms with Crippen LogP contribution in [0.1, 0.15) is 18.7 Å². The molecule has 0 unspecified atom stereocenters. The van der Waals surface area contributed by atoms with Gasteiger partial charge in [0.25, 0.3) is 5.52 Å². The van der Waals surface area contributed by atoms with E-state index in [9.17, 15) is 18.4 Å². The van der Waals surface area contributed by atoms with Crippen LogP contribution < -0.4 is 9.47 Å². The summed E-state index contributed by atoms with van der Waals surface area (Å²) in [4.78, 5) is 4.07. The summed E-state index contributed by atoms with van der Waals surface area (Å²) in [6.07, 6.45) is 4.44. The summed E-state index contributed by atoms with van der Waals surface area (Å²) < 4.78 is 48.9. The van der Waals surface area contributed by atoms with Gasteiger partial charge in [0.1, 0.15) is 23.4 Å². The number of nitrogens with zero attached hydrogens (tertiary/aromatic N) is 4. The van der Waals surface area contributed by atoms with Gasteiger partial charge in [-0.15, -0.1) is 0 Å². The molecule has 0 aliphatic heterocycles. The topological polar surface area (TPSA) is 66.9 Å². The Labute approximate surface area is 157 Å². The highest BCUT2D eigenvalue weighted by Crippen LogP contribution is 2.28. The maximum Gasteiger partial charge on any atom is 0.263 e. The molecule has 0 spiro atoms. The molecule has 142 valence electrons. The standard InChI is InChI=1S/C19H13F3N4O2/c1-11(18-17(7-12(20)9-23-18)25-6-2-5-24-25)28-13-8-14-15(21)3-4-16(22)19(14)26(27)10-13/h2-11H,1H3/t11-/m0/s1. The van der Waals surface area contributed by atoms with E-state index >= 15 is 0 Å². The van der Waals surface area contributed by atoms with Crippen molar-refractivity contribution < 1.29 is 22.6 Å². The van der Waals surface area contributed by atoms with Gasteiger partial charge in [0.05, 0.1) is 17.3 Å². The van der Waals surface area contributed by atoms with Gasteiger partial charge in [-0.25, -0.2) is 13.5 Å². The normalized spacial score (nSPS) is 12.3. The number of pyridine rings is 2. The van der Waals surface area contributed by atoms with Crippen LogP contribution in [0.2, 0.25) is 0 Å². The second kappa shape index (κ2) is 6.84. The predicted molar refractivity (Wildman–Crippen MR) is 93.2 cm³/mol. The van der Waals surface area contributed by atoms with Crippen molar-refractivity contribution in [2.45, 2.75) is 13.0 Å². The van der Waals surface area contributed by atoms with Crippen LogP contribution in [-0.4, -0.2) is 14.8 Å². The highest BCUT2D eigenvalue weighted by molar-refractivity contribution is 5.78. The van der Waals surface area contributed by atoms with Crippen LogP contribution >= 0.6 is 0 Å². The van der Waals surface area contributed by atoms with Crippen LogP contribution in [0.25, 0.3) is 16.6 Å². The summed E-state index contributed by atoms with van der Waals surface area (Å²) in [5.74, 6) is -2.14. The average molecular weight is 386 g/mol. The smallest absolute Gasteiger partial charge is 0.263 e. The molecule has 0 saturated carbocycles. The number of benzene rings is 1. The molecular formula is C19H13F3N4O2. The van der Waals surface area contributed by atoms with Crippen molar-refractivity contribution in [2.24, 2.45) is 0 Å². The van der Waals surface area contributed by atoms with E-state index in [1.54, 1.807) is 19.2 Å². The SMILES string of the molecule is C[C@H](Oc1cc2c(F)ccc(F)c2[n+]([O-])c1)c1ncc(F)cc1-n1cccn1. The average Bonchev–Trinajstić information content (AvgIpc) is 3.19. The molecule has 0 saturated heterocycles. The van der Waals surface area contributed by atoms with Crippen LogP contribution in [0.5, 0.6) is 5.75 Å². The van der Waals surface area contributed by atoms with E-state index in [0.29, 0.717) is 11.4 Å². The van der Waals surface area contributed by atoms with Crippen LogP contribution in [0.15, 0.2) is 55.1 Å². The minimum atomic E-state index is -0.841. The Bertz CT molecular complexity index is 1170. The molecule has 0 amide bonds. The lowest BCUT2D eigenvalue weighted by Gasteiger charge is -2.17. The maximum absolute atomic E-state index is 14.0. The van der Waals surface area contributed by atoms with Crippen molar-refractivity contribution in [1.29, 1.82) is 0 Å². The lowest BCUT2D eigenvalue weighted by atomic mass is 10.2. The number of hydrogen-bond acceptors (Lipinski definition) is 4. The zero-order valence-corrected chi connectivity index (χ0v) is 14.5. The Kier molecular flexibility index (Phi) is 4.34. The molecule has 0 fully saturated rings. The lowest BCUT2D eigenvalue weighted by molar-refractivity contribution is -0.578. The first-order chi connectivity index (χ1) is 13.4. The molecule has 0 N–H and O–H groups in total. The van der Waals surface area contributed by atoms with Gasteiger partial charge in [0.15, 0.2) is 11.6 Å². The summed E-state index contributed by atoms with van der Waals surface area (Å²) in [6.45, 7) is 1.63. The molecule has 3 aromatic heterocycles. The Balaban J connectivity index is 1.74. The van der Waals surface area contributed by atoms with Gasteiger partial charge in [-0.3, -0.25) is 4.98 Å². The van der Waals surface area contributed by atoms with Gasteiger partial charge in [0.2, 0.25) is 6.20 Å². The maximum atomic E-state index is 14.0. The fraction of sp³-hybridized carbons (Fsp3) is 0.105. The zero-order valence-electron chi connectivity index (χ0n) is 14.5. The van der Waals surface area contributed by atoms with Crippen molar-refractivity contribution in [3.05, 3.63) is 83.5 Å². The molecule has 3 heterocycles. The number of halogens is 3. The van der Waals surface area contributed by atoms with Gasteiger partial charge in [-0.2, -0.15) is 14.2 Å². The fourth-order valence-electron chi connectivity index (χ4n) is 2.95. The summed E-state index contributed by atoms with van der Waals surface area (Å²) in [5, 5.41) is 16.0. The van der Waals surface area contributed by atoms with E-state index in [1.807, 2.05) is 0 Å². The third-order valence-corrected chi connectivity index (χ3v) is 4.18. The van der Waals surface area contributed by atoms with E-state index in [0.717, 1.165) is 24.5 Å². The summed E-state index contributed by atoms with van der Waals surface area (Å²) in [6, 6.07) is 5.96. The zero-order chi connectivity index (χ0) is 19.8. The van der Waals surface area contributed by atoms with Gasteiger partial charge < -0.3 is 9.94 Å². The summed E-state index contributed by atoms with van der Waals surface area (Å²) >= 11 is 0. The van der Waals surface area contributed by atoms with Crippen molar-refractivity contribution >= 4 is 10.9 Å². The molecule has 0 aliphatic rings. The Morgan fingerprint density at radius 1 is 1.18 bits per heavy atom. The Morgan fingerprint density at radius 2 is 1.96 bits per heavy atom. The van der Waals surface area contributed by atoms with Crippen LogP contribution in [-0.2, 0) is 0 Å². The molecule has 4 rings (SSSR count). The van der Waals surface area contributed by atoms with E-state index in [-0.39, 0.29) is 15.9 Å². The molecule has 0 aliphatic carbocycles. The highest BCUT2D eigenvalue weighted by atomic mass is 19.1. The third-order valence-electron chi connectivity index (χ3n) is 4.18. The van der Waals surface area contributed by atoms with Crippen molar-refractivity contribution in [1.82, 2.24) is 14.8 Å². The molecular weight excluding hydrogens is 373 g/mol. The van der Waals surface area contributed by atoms with Gasteiger partial charge in [-0.05, 0) is 25.1 Å². The fourth-order valence-corrected chi connectivity index (χ4v) is 2.95. The number of hydrogen-bond donors (Lipinski definition) is 0. The number of rotatable bonds is 4. The summed E-state index contributed by atoms with van der Waals surface area (Å²) in [7, 11) is 0. The molecule has 1 atom stereocenters. The first kappa shape index (κ1) is 17.8. The van der Waals surface area contributed by atoms with E-state index in [1.165, 1.54) is 23.0 Å². The van der Waals surface area contributed by atoms with Crippen LogP contribution in [0.4, 0.5) is 13.2 Å². The molecule has 9 heteroatoms. The number of fused-ring (bicyclic) bond motifs is 1. The minimum Gasteiger partial charge on any atom is -0.618 e. The lowest BCUT2D eigenvalue weighted by Crippen LogP contribution is -2.28. The van der Waals surface area contributed by atoms with Gasteiger partial charge >= 0.3 is 0 Å². The second-order valence-corrected chi connectivity index (χ2v) is 6.06. The molecule has 4 aromatic rings. The third kappa shape index (κ3) is 3.11. The van der Waals surface area contributed by atoms with Gasteiger partial charge in [-0.1, -0.05) is 0 Å². The van der Waals surface area contributed by atoms with Crippen LogP contribution in [0, 0.1) is 22.7 Å². The van der Waals surface area contributed by atoms with Crippen LogP contribution in [0.3, 0.4) is 0 Å². The van der Waals surface area contributed by atoms with Gasteiger partial charge in [0, 0.05) is 24.5 Å². The predicted octanol–water partition coefficient (Wildman–Crippen LogP) is 3.61. The molecule has 28 heavy (non-hydrogen) atoms. The first-order valence-electron chi connectivity index (χ1n) is 8.27.